The molecular formula is C34H32N6O4. The quantitative estimate of drug-likeness (QED) is 0.305. The molecule has 10 nitrogen and oxygen atoms in total. The second kappa shape index (κ2) is 10.7. The molecule has 0 saturated heterocycles. The maximum absolute atomic E-state index is 13.2. The Morgan fingerprint density at radius 3 is 1.20 bits per heavy atom. The minimum atomic E-state index is -0.446. The molecule has 0 aliphatic carbocycles. The molecule has 0 radical (unpaired) electrons. The van der Waals surface area contributed by atoms with Gasteiger partial charge in [0.1, 0.15) is 11.3 Å². The maximum atomic E-state index is 13.2. The molecule has 0 saturated carbocycles. The molecule has 6 aromatic rings. The Morgan fingerprint density at radius 2 is 0.864 bits per heavy atom. The SMILES string of the molecule is Cc1ccc(-c2nc3c(cc2CCc2cc4c(=O)n(C)c(=O)n(C)c4nc2-c2ccc(C)cc2)c(=O)n(C)c(=O)n3C)cc1. The molecule has 222 valence electrons. The minimum Gasteiger partial charge on any atom is -0.280 e. The zero-order valence-electron chi connectivity index (χ0n) is 25.5. The highest BCUT2D eigenvalue weighted by molar-refractivity contribution is 5.82. The van der Waals surface area contributed by atoms with Gasteiger partial charge in [-0.3, -0.25) is 27.9 Å². The van der Waals surface area contributed by atoms with Crippen LogP contribution in [0.5, 0.6) is 0 Å². The van der Waals surface area contributed by atoms with E-state index in [0.717, 1.165) is 42.5 Å². The minimum absolute atomic E-state index is 0.314. The summed E-state index contributed by atoms with van der Waals surface area (Å²) in [6, 6.07) is 19.5. The molecule has 0 bridgehead atoms. The summed E-state index contributed by atoms with van der Waals surface area (Å²) >= 11 is 0. The summed E-state index contributed by atoms with van der Waals surface area (Å²) in [5.74, 6) is 0. The number of hydrogen-bond acceptors (Lipinski definition) is 6. The summed E-state index contributed by atoms with van der Waals surface area (Å²) in [6.07, 6.45) is 0.937. The predicted octanol–water partition coefficient (Wildman–Crippen LogP) is 3.31. The number of rotatable bonds is 5. The van der Waals surface area contributed by atoms with Crippen LogP contribution in [0.4, 0.5) is 0 Å². The number of aryl methyl sites for hydroxylation is 6. The summed E-state index contributed by atoms with van der Waals surface area (Å²) in [5, 5.41) is 0.694. The molecule has 44 heavy (non-hydrogen) atoms. The van der Waals surface area contributed by atoms with Crippen LogP contribution in [-0.4, -0.2) is 28.2 Å². The van der Waals surface area contributed by atoms with Crippen LogP contribution < -0.4 is 22.5 Å². The van der Waals surface area contributed by atoms with Crippen molar-refractivity contribution in [1.82, 2.24) is 28.2 Å². The standard InChI is InChI=1S/C34H32N6O4/c1-19-7-11-21(12-8-19)27-23(17-25-29(35-27)37(3)33(43)39(5)31(25)41)15-16-24-18-26-30(38(4)34(44)40(6)32(26)42)36-28(24)22-13-9-20(2)10-14-22/h7-14,17-18H,15-16H2,1-6H3. The van der Waals surface area contributed by atoms with E-state index in [9.17, 15) is 19.2 Å². The van der Waals surface area contributed by atoms with Crippen LogP contribution in [0.2, 0.25) is 0 Å². The van der Waals surface area contributed by atoms with Crippen LogP contribution in [0.1, 0.15) is 22.3 Å². The van der Waals surface area contributed by atoms with Crippen LogP contribution in [-0.2, 0) is 41.0 Å². The van der Waals surface area contributed by atoms with Gasteiger partial charge in [-0.2, -0.15) is 0 Å². The summed E-state index contributed by atoms with van der Waals surface area (Å²) in [6.45, 7) is 4.01. The fourth-order valence-electron chi connectivity index (χ4n) is 5.66. The molecule has 0 unspecified atom stereocenters. The largest absolute Gasteiger partial charge is 0.332 e. The number of pyridine rings is 2. The van der Waals surface area contributed by atoms with Gasteiger partial charge < -0.3 is 0 Å². The van der Waals surface area contributed by atoms with Crippen LogP contribution in [0.15, 0.2) is 79.8 Å². The lowest BCUT2D eigenvalue weighted by atomic mass is 9.95. The third-order valence-corrected chi connectivity index (χ3v) is 8.33. The molecule has 0 atom stereocenters. The van der Waals surface area contributed by atoms with E-state index < -0.39 is 22.5 Å². The number of fused-ring (bicyclic) bond motifs is 2. The van der Waals surface area contributed by atoms with E-state index in [2.05, 4.69) is 0 Å². The molecule has 0 aliphatic heterocycles. The lowest BCUT2D eigenvalue weighted by Gasteiger charge is -2.16. The van der Waals surface area contributed by atoms with Gasteiger partial charge in [0.25, 0.3) is 11.1 Å². The Bertz CT molecular complexity index is 2190. The maximum Gasteiger partial charge on any atom is 0.332 e. The summed E-state index contributed by atoms with van der Waals surface area (Å²) in [7, 11) is 6.14. The summed E-state index contributed by atoms with van der Waals surface area (Å²) < 4.78 is 4.95. The molecular weight excluding hydrogens is 556 g/mol. The third kappa shape index (κ3) is 4.68. The van der Waals surface area contributed by atoms with Gasteiger partial charge in [-0.1, -0.05) is 59.7 Å². The van der Waals surface area contributed by atoms with Crippen molar-refractivity contribution in [1.29, 1.82) is 0 Å². The number of nitrogens with zero attached hydrogens (tertiary/aromatic N) is 6. The van der Waals surface area contributed by atoms with Crippen molar-refractivity contribution >= 4 is 22.1 Å². The van der Waals surface area contributed by atoms with E-state index in [0.29, 0.717) is 46.3 Å². The highest BCUT2D eigenvalue weighted by Crippen LogP contribution is 2.29. The molecule has 0 N–H and O–H groups in total. The first-order valence-corrected chi connectivity index (χ1v) is 14.3. The summed E-state index contributed by atoms with van der Waals surface area (Å²) in [5.41, 5.74) is 5.81. The molecule has 0 fully saturated rings. The Hall–Kier alpha value is -5.38. The molecule has 0 amide bonds. The molecule has 4 aromatic heterocycles. The molecule has 6 rings (SSSR count). The molecule has 4 heterocycles. The van der Waals surface area contributed by atoms with Gasteiger partial charge in [0.2, 0.25) is 0 Å². The van der Waals surface area contributed by atoms with Gasteiger partial charge >= 0.3 is 11.4 Å². The zero-order chi connectivity index (χ0) is 31.4. The predicted molar refractivity (Wildman–Crippen MR) is 172 cm³/mol. The Morgan fingerprint density at radius 1 is 0.523 bits per heavy atom. The van der Waals surface area contributed by atoms with Crippen LogP contribution in [0, 0.1) is 13.8 Å². The Kier molecular flexibility index (Phi) is 6.99. The average Bonchev–Trinajstić information content (AvgIpc) is 3.03. The fourth-order valence-corrected chi connectivity index (χ4v) is 5.66. The first-order chi connectivity index (χ1) is 21.0. The monoisotopic (exact) mass is 588 g/mol. The topological polar surface area (TPSA) is 114 Å². The zero-order valence-corrected chi connectivity index (χ0v) is 25.5. The van der Waals surface area contributed by atoms with E-state index >= 15 is 0 Å². The number of benzene rings is 2. The van der Waals surface area contributed by atoms with E-state index in [1.807, 2.05) is 74.5 Å². The van der Waals surface area contributed by atoms with Crippen molar-refractivity contribution in [3.05, 3.63) is 125 Å². The molecule has 0 aliphatic rings. The second-order valence-electron chi connectivity index (χ2n) is 11.4. The third-order valence-electron chi connectivity index (χ3n) is 8.33. The summed E-state index contributed by atoms with van der Waals surface area (Å²) in [4.78, 5) is 61.6. The fraction of sp³-hybridized carbons (Fsp3) is 0.235. The van der Waals surface area contributed by atoms with Gasteiger partial charge in [0.05, 0.1) is 22.2 Å². The Labute approximate surface area is 252 Å². The van der Waals surface area contributed by atoms with E-state index in [-0.39, 0.29) is 0 Å². The van der Waals surface area contributed by atoms with Crippen molar-refractivity contribution in [3.8, 4) is 22.5 Å². The van der Waals surface area contributed by atoms with Crippen molar-refractivity contribution in [2.45, 2.75) is 26.7 Å². The van der Waals surface area contributed by atoms with Crippen molar-refractivity contribution in [2.24, 2.45) is 28.2 Å². The van der Waals surface area contributed by atoms with Crippen LogP contribution in [0.3, 0.4) is 0 Å². The Balaban J connectivity index is 1.57. The van der Waals surface area contributed by atoms with Gasteiger partial charge in [0, 0.05) is 39.3 Å². The molecule has 10 heteroatoms. The van der Waals surface area contributed by atoms with Gasteiger partial charge in [0.15, 0.2) is 0 Å². The first kappa shape index (κ1) is 28.7. The van der Waals surface area contributed by atoms with E-state index in [1.165, 1.54) is 23.2 Å². The van der Waals surface area contributed by atoms with Gasteiger partial charge in [-0.15, -0.1) is 0 Å². The van der Waals surface area contributed by atoms with Crippen LogP contribution >= 0.6 is 0 Å². The number of hydrogen-bond donors (Lipinski definition) is 0. The van der Waals surface area contributed by atoms with Gasteiger partial charge in [-0.25, -0.2) is 19.6 Å². The van der Waals surface area contributed by atoms with Crippen molar-refractivity contribution < 1.29 is 0 Å². The normalized spacial score (nSPS) is 11.5. The van der Waals surface area contributed by atoms with E-state index in [1.54, 1.807) is 14.1 Å². The molecule has 2 aromatic carbocycles. The lowest BCUT2D eigenvalue weighted by Crippen LogP contribution is -2.37. The van der Waals surface area contributed by atoms with Gasteiger partial charge in [-0.05, 0) is 49.9 Å². The average molecular weight is 589 g/mol. The van der Waals surface area contributed by atoms with E-state index in [4.69, 9.17) is 9.97 Å². The second-order valence-corrected chi connectivity index (χ2v) is 11.4. The smallest absolute Gasteiger partial charge is 0.280 e. The van der Waals surface area contributed by atoms with Crippen molar-refractivity contribution in [3.63, 3.8) is 0 Å². The van der Waals surface area contributed by atoms with Crippen molar-refractivity contribution in [2.75, 3.05) is 0 Å². The lowest BCUT2D eigenvalue weighted by molar-refractivity contribution is 0.706. The van der Waals surface area contributed by atoms with Crippen LogP contribution in [0.25, 0.3) is 44.6 Å². The molecule has 0 spiro atoms. The highest BCUT2D eigenvalue weighted by atomic mass is 16.2. The highest BCUT2D eigenvalue weighted by Gasteiger charge is 2.19. The first-order valence-electron chi connectivity index (χ1n) is 14.3. The number of aromatic nitrogens is 6.